The van der Waals surface area contributed by atoms with Crippen molar-refractivity contribution in [3.05, 3.63) is 30.3 Å². The number of aromatic amines is 1. The number of aromatic nitrogens is 2. The van der Waals surface area contributed by atoms with Crippen LogP contribution in [0.25, 0.3) is 11.3 Å². The largest absolute Gasteiger partial charge is 0.382 e. The van der Waals surface area contributed by atoms with Crippen molar-refractivity contribution in [2.24, 2.45) is 0 Å². The number of H-pyrrole nitrogens is 1. The predicted octanol–water partition coefficient (Wildman–Crippen LogP) is 2.65. The monoisotopic (exact) mass is 252 g/mol. The molecule has 1 aliphatic heterocycles. The summed E-state index contributed by atoms with van der Waals surface area (Å²) in [5, 5.41) is 6.36. The third-order valence-electron chi connectivity index (χ3n) is 2.50. The molecular weight excluding hydrogens is 224 g/mol. The number of piperidine rings is 1. The SMILES string of the molecule is [2H]C1([2H])N(c2c(-c3ccccc3)n[nH]c2N)C([2H])([2H])C([2H])([2H])C([2H])([2H])C1([2H])[2H]. The number of nitrogens with two attached hydrogens (primary N) is 1. The molecule has 1 aromatic heterocycles. The van der Waals surface area contributed by atoms with E-state index < -0.39 is 32.1 Å². The van der Waals surface area contributed by atoms with Gasteiger partial charge >= 0.3 is 0 Å². The fraction of sp³-hybridized carbons (Fsp3) is 0.357. The van der Waals surface area contributed by atoms with Crippen LogP contribution in [0.2, 0.25) is 0 Å². The van der Waals surface area contributed by atoms with Crippen molar-refractivity contribution >= 4 is 11.5 Å². The fourth-order valence-corrected chi connectivity index (χ4v) is 1.71. The van der Waals surface area contributed by atoms with Gasteiger partial charge in [-0.3, -0.25) is 5.10 Å². The van der Waals surface area contributed by atoms with Crippen molar-refractivity contribution in [2.75, 3.05) is 23.6 Å². The summed E-state index contributed by atoms with van der Waals surface area (Å²) < 4.78 is 81.0. The molecule has 1 aliphatic rings. The molecule has 0 unspecified atom stereocenters. The van der Waals surface area contributed by atoms with E-state index >= 15 is 0 Å². The molecule has 2 heterocycles. The van der Waals surface area contributed by atoms with Gasteiger partial charge < -0.3 is 10.6 Å². The maximum atomic E-state index is 8.28. The van der Waals surface area contributed by atoms with Gasteiger partial charge in [0.1, 0.15) is 17.2 Å². The highest BCUT2D eigenvalue weighted by molar-refractivity contribution is 5.82. The van der Waals surface area contributed by atoms with Gasteiger partial charge in [0.05, 0.1) is 0 Å². The Balaban J connectivity index is 2.35. The Morgan fingerprint density at radius 3 is 2.61 bits per heavy atom. The summed E-state index contributed by atoms with van der Waals surface area (Å²) >= 11 is 0. The van der Waals surface area contributed by atoms with Crippen molar-refractivity contribution in [3.63, 3.8) is 0 Å². The number of nitrogens with zero attached hydrogens (tertiary/aromatic N) is 2. The summed E-state index contributed by atoms with van der Waals surface area (Å²) in [6.07, 6.45) is -10.4. The van der Waals surface area contributed by atoms with Crippen LogP contribution in [0.3, 0.4) is 0 Å². The molecule has 4 heteroatoms. The molecule has 1 fully saturated rings. The predicted molar refractivity (Wildman–Crippen MR) is 74.5 cm³/mol. The van der Waals surface area contributed by atoms with Gasteiger partial charge in [0, 0.05) is 32.3 Å². The molecule has 0 amide bonds. The van der Waals surface area contributed by atoms with Crippen LogP contribution in [-0.4, -0.2) is 23.2 Å². The van der Waals surface area contributed by atoms with E-state index in [2.05, 4.69) is 10.2 Å². The third-order valence-corrected chi connectivity index (χ3v) is 2.50. The number of hydrogen-bond donors (Lipinski definition) is 2. The molecule has 2 aromatic rings. The molecule has 1 saturated heterocycles. The van der Waals surface area contributed by atoms with Crippen LogP contribution < -0.4 is 10.6 Å². The van der Waals surface area contributed by atoms with Crippen LogP contribution in [0.4, 0.5) is 11.5 Å². The Morgan fingerprint density at radius 2 is 1.89 bits per heavy atom. The summed E-state index contributed by atoms with van der Waals surface area (Å²) in [6, 6.07) is 8.21. The Hall–Kier alpha value is -1.97. The highest BCUT2D eigenvalue weighted by Gasteiger charge is 2.20. The molecule has 0 bridgehead atoms. The second-order valence-electron chi connectivity index (χ2n) is 3.63. The van der Waals surface area contributed by atoms with Gasteiger partial charge in [-0.1, -0.05) is 30.3 Å². The van der Waals surface area contributed by atoms with Crippen LogP contribution in [0.1, 0.15) is 32.8 Å². The molecule has 3 rings (SSSR count). The molecule has 18 heavy (non-hydrogen) atoms. The Morgan fingerprint density at radius 1 is 1.17 bits per heavy atom. The topological polar surface area (TPSA) is 57.9 Å². The smallest absolute Gasteiger partial charge is 0.143 e. The van der Waals surface area contributed by atoms with Gasteiger partial charge in [-0.2, -0.15) is 5.10 Å². The number of hydrogen-bond acceptors (Lipinski definition) is 3. The number of nitrogen functional groups attached to an aromatic ring is 1. The number of anilines is 2. The van der Waals surface area contributed by atoms with Gasteiger partial charge in [0.15, 0.2) is 0 Å². The van der Waals surface area contributed by atoms with Gasteiger partial charge in [-0.25, -0.2) is 0 Å². The minimum absolute atomic E-state index is 0.0140. The zero-order valence-electron chi connectivity index (χ0n) is 19.4. The van der Waals surface area contributed by atoms with E-state index in [1.165, 1.54) is 0 Å². The fourth-order valence-electron chi connectivity index (χ4n) is 1.71. The molecule has 1 aromatic carbocycles. The zero-order valence-corrected chi connectivity index (χ0v) is 9.36. The molecule has 94 valence electrons. The molecule has 4 nitrogen and oxygen atoms in total. The van der Waals surface area contributed by atoms with E-state index in [0.717, 1.165) is 0 Å². The van der Waals surface area contributed by atoms with Crippen LogP contribution in [0.5, 0.6) is 0 Å². The third kappa shape index (κ3) is 1.94. The second-order valence-corrected chi connectivity index (χ2v) is 3.63. The first-order valence-corrected chi connectivity index (χ1v) is 5.32. The van der Waals surface area contributed by atoms with Crippen molar-refractivity contribution in [1.82, 2.24) is 10.2 Å². The number of nitrogens with one attached hydrogen (secondary N) is 1. The van der Waals surface area contributed by atoms with Gasteiger partial charge in [-0.15, -0.1) is 0 Å². The minimum Gasteiger partial charge on any atom is -0.382 e. The Bertz CT molecular complexity index is 863. The zero-order chi connectivity index (χ0) is 21.3. The minimum atomic E-state index is -3.49. The molecule has 0 atom stereocenters. The first-order valence-electron chi connectivity index (χ1n) is 10.3. The molecule has 0 radical (unpaired) electrons. The van der Waals surface area contributed by atoms with E-state index in [1.807, 2.05) is 0 Å². The van der Waals surface area contributed by atoms with Crippen molar-refractivity contribution < 1.29 is 13.7 Å². The number of benzene rings is 1. The summed E-state index contributed by atoms with van der Waals surface area (Å²) in [4.78, 5) is 0.225. The summed E-state index contributed by atoms with van der Waals surface area (Å²) in [6.45, 7) is -6.62. The Kier molecular flexibility index (Phi) is 1.21. The van der Waals surface area contributed by atoms with Gasteiger partial charge in [-0.05, 0) is 19.1 Å². The van der Waals surface area contributed by atoms with E-state index in [1.54, 1.807) is 30.3 Å². The maximum absolute atomic E-state index is 8.28. The van der Waals surface area contributed by atoms with E-state index in [9.17, 15) is 0 Å². The standard InChI is InChI=1S/C14H18N4/c15-14-13(18-9-5-2-6-10-18)12(16-17-14)11-7-3-1-4-8-11/h1,3-4,7-8H,2,5-6,9-10H2,(H3,15,16,17)/i2D2,5D2,6D2,9D2,10D2. The highest BCUT2D eigenvalue weighted by Crippen LogP contribution is 2.34. The van der Waals surface area contributed by atoms with Gasteiger partial charge in [0.2, 0.25) is 0 Å². The van der Waals surface area contributed by atoms with Crippen LogP contribution in [0, 0.1) is 0 Å². The lowest BCUT2D eigenvalue weighted by Gasteiger charge is -2.28. The highest BCUT2D eigenvalue weighted by atomic mass is 15.2. The Labute approximate surface area is 121 Å². The van der Waals surface area contributed by atoms with Crippen LogP contribution in [-0.2, 0) is 0 Å². The summed E-state index contributed by atoms with van der Waals surface area (Å²) in [5.41, 5.74) is 5.88. The molecule has 0 saturated carbocycles. The first-order chi connectivity index (χ1) is 12.6. The van der Waals surface area contributed by atoms with Gasteiger partial charge in [0.25, 0.3) is 0 Å². The normalized spacial score (nSPS) is 38.1. The first kappa shape index (κ1) is 4.61. The van der Waals surface area contributed by atoms with Crippen LogP contribution >= 0.6 is 0 Å². The summed E-state index contributed by atoms with van der Waals surface area (Å²) in [7, 11) is 0. The number of rotatable bonds is 2. The van der Waals surface area contributed by atoms with E-state index in [4.69, 9.17) is 19.4 Å². The molecular formula is C14H18N4. The molecule has 3 N–H and O–H groups in total. The quantitative estimate of drug-likeness (QED) is 0.864. The van der Waals surface area contributed by atoms with E-state index in [0.29, 0.717) is 5.56 Å². The van der Waals surface area contributed by atoms with E-state index in [-0.39, 0.29) is 22.1 Å². The van der Waals surface area contributed by atoms with Crippen molar-refractivity contribution in [1.29, 1.82) is 0 Å². The molecule has 0 aliphatic carbocycles. The van der Waals surface area contributed by atoms with Crippen molar-refractivity contribution in [2.45, 2.75) is 19.1 Å². The summed E-state index contributed by atoms with van der Waals surface area (Å²) in [5.74, 6) is -0.305. The average molecular weight is 252 g/mol. The lowest BCUT2D eigenvalue weighted by Crippen LogP contribution is -2.30. The average Bonchev–Trinajstić information content (AvgIpc) is 2.95. The van der Waals surface area contributed by atoms with Crippen molar-refractivity contribution in [3.8, 4) is 11.3 Å². The van der Waals surface area contributed by atoms with Crippen LogP contribution in [0.15, 0.2) is 30.3 Å². The molecule has 0 spiro atoms. The second kappa shape index (κ2) is 4.72. The maximum Gasteiger partial charge on any atom is 0.143 e. The lowest BCUT2D eigenvalue weighted by atomic mass is 10.1. The lowest BCUT2D eigenvalue weighted by molar-refractivity contribution is 0.579.